The lowest BCUT2D eigenvalue weighted by molar-refractivity contribution is -0.121. The fraction of sp³-hybridized carbons (Fsp3) is 0.409. The van der Waals surface area contributed by atoms with E-state index in [1.807, 2.05) is 36.6 Å². The summed E-state index contributed by atoms with van der Waals surface area (Å²) in [6, 6.07) is 10.1. The molecular weight excluding hydrogens is 384 g/mol. The van der Waals surface area contributed by atoms with Crippen LogP contribution in [0.1, 0.15) is 36.8 Å². The lowest BCUT2D eigenvalue weighted by Crippen LogP contribution is -2.38. The summed E-state index contributed by atoms with van der Waals surface area (Å²) in [5, 5.41) is 9.26. The maximum Gasteiger partial charge on any atom is 0.241 e. The van der Waals surface area contributed by atoms with Gasteiger partial charge in [0.25, 0.3) is 0 Å². The van der Waals surface area contributed by atoms with Gasteiger partial charge >= 0.3 is 0 Å². The molecule has 0 spiro atoms. The number of rotatable bonds is 6. The van der Waals surface area contributed by atoms with Crippen LogP contribution in [0.4, 0.5) is 5.69 Å². The van der Waals surface area contributed by atoms with Crippen LogP contribution in [0.2, 0.25) is 0 Å². The zero-order valence-corrected chi connectivity index (χ0v) is 17.7. The third-order valence-corrected chi connectivity index (χ3v) is 6.38. The van der Waals surface area contributed by atoms with Crippen LogP contribution in [0, 0.1) is 12.8 Å². The van der Waals surface area contributed by atoms with Gasteiger partial charge in [-0.05, 0) is 61.8 Å². The van der Waals surface area contributed by atoms with Crippen molar-refractivity contribution in [2.75, 3.05) is 18.4 Å². The van der Waals surface area contributed by atoms with Gasteiger partial charge in [-0.15, -0.1) is 11.3 Å². The Labute approximate surface area is 174 Å². The molecule has 0 atom stereocenters. The second kappa shape index (κ2) is 8.88. The molecule has 29 heavy (non-hydrogen) atoms. The minimum Gasteiger partial charge on any atom is -0.338 e. The van der Waals surface area contributed by atoms with Crippen molar-refractivity contribution in [2.45, 2.75) is 39.7 Å². The van der Waals surface area contributed by atoms with Gasteiger partial charge in [-0.1, -0.05) is 36.3 Å². The molecule has 152 valence electrons. The standard InChI is InChI=1S/C22H26N4O2S/c1-3-16-7-4-6-15(2)20(16)24-22(27)17-9-11-26(12-10-17)14-19-23-21(25-28-19)18-8-5-13-29-18/h4-8,13,17H,3,9-12,14H2,1-2H3,(H,24,27). The molecule has 3 aromatic rings. The lowest BCUT2D eigenvalue weighted by Gasteiger charge is -2.30. The molecule has 4 rings (SSSR count). The fourth-order valence-corrected chi connectivity index (χ4v) is 4.45. The van der Waals surface area contributed by atoms with E-state index in [0.29, 0.717) is 18.3 Å². The number of para-hydroxylation sites is 1. The molecule has 1 fully saturated rings. The summed E-state index contributed by atoms with van der Waals surface area (Å²) in [6.45, 7) is 6.49. The molecule has 0 radical (unpaired) electrons. The number of amides is 1. The zero-order valence-electron chi connectivity index (χ0n) is 16.9. The van der Waals surface area contributed by atoms with Crippen molar-refractivity contribution in [1.82, 2.24) is 15.0 Å². The van der Waals surface area contributed by atoms with E-state index in [0.717, 1.165) is 48.5 Å². The molecule has 1 amide bonds. The number of anilines is 1. The summed E-state index contributed by atoms with van der Waals surface area (Å²) in [4.78, 5) is 20.6. The molecule has 0 bridgehead atoms. The molecular formula is C22H26N4O2S. The number of nitrogens with zero attached hydrogens (tertiary/aromatic N) is 3. The van der Waals surface area contributed by atoms with Crippen molar-refractivity contribution in [3.63, 3.8) is 0 Å². The van der Waals surface area contributed by atoms with Gasteiger partial charge < -0.3 is 9.84 Å². The monoisotopic (exact) mass is 410 g/mol. The molecule has 7 heteroatoms. The molecule has 0 unspecified atom stereocenters. The number of carbonyl (C=O) groups is 1. The Morgan fingerprint density at radius 2 is 2.10 bits per heavy atom. The fourth-order valence-electron chi connectivity index (χ4n) is 3.80. The quantitative estimate of drug-likeness (QED) is 0.647. The molecule has 0 aliphatic carbocycles. The Morgan fingerprint density at radius 1 is 1.28 bits per heavy atom. The Bertz CT molecular complexity index is 959. The Morgan fingerprint density at radius 3 is 2.83 bits per heavy atom. The molecule has 1 aliphatic rings. The van der Waals surface area contributed by atoms with E-state index in [-0.39, 0.29) is 11.8 Å². The first-order valence-corrected chi connectivity index (χ1v) is 11.0. The highest BCUT2D eigenvalue weighted by Gasteiger charge is 2.26. The van der Waals surface area contributed by atoms with Gasteiger partial charge in [-0.2, -0.15) is 4.98 Å². The second-order valence-electron chi connectivity index (χ2n) is 7.49. The van der Waals surface area contributed by atoms with Crippen LogP contribution in [-0.2, 0) is 17.8 Å². The maximum atomic E-state index is 12.8. The van der Waals surface area contributed by atoms with Crippen LogP contribution in [-0.4, -0.2) is 34.0 Å². The minimum absolute atomic E-state index is 0.0416. The third kappa shape index (κ3) is 4.57. The van der Waals surface area contributed by atoms with Gasteiger partial charge in [-0.3, -0.25) is 9.69 Å². The van der Waals surface area contributed by atoms with Crippen LogP contribution in [0.5, 0.6) is 0 Å². The van der Waals surface area contributed by atoms with Gasteiger partial charge in [0.15, 0.2) is 0 Å². The summed E-state index contributed by atoms with van der Waals surface area (Å²) < 4.78 is 5.41. The number of aromatic nitrogens is 2. The van der Waals surface area contributed by atoms with Crippen LogP contribution in [0.3, 0.4) is 0 Å². The van der Waals surface area contributed by atoms with Crippen molar-refractivity contribution < 1.29 is 9.32 Å². The first-order valence-electron chi connectivity index (χ1n) is 10.1. The van der Waals surface area contributed by atoms with Crippen molar-refractivity contribution >= 4 is 22.9 Å². The first-order chi connectivity index (χ1) is 14.1. The van der Waals surface area contributed by atoms with Crippen molar-refractivity contribution in [3.05, 3.63) is 52.7 Å². The number of benzene rings is 1. The van der Waals surface area contributed by atoms with Crippen molar-refractivity contribution in [3.8, 4) is 10.7 Å². The number of hydrogen-bond acceptors (Lipinski definition) is 6. The van der Waals surface area contributed by atoms with Gasteiger partial charge in [0, 0.05) is 11.6 Å². The van der Waals surface area contributed by atoms with E-state index in [2.05, 4.69) is 33.3 Å². The van der Waals surface area contributed by atoms with Gasteiger partial charge in [0.05, 0.1) is 11.4 Å². The second-order valence-corrected chi connectivity index (χ2v) is 8.44. The normalized spacial score (nSPS) is 15.5. The number of nitrogens with one attached hydrogen (secondary N) is 1. The van der Waals surface area contributed by atoms with E-state index >= 15 is 0 Å². The highest BCUT2D eigenvalue weighted by atomic mass is 32.1. The molecule has 0 saturated carbocycles. The van der Waals surface area contributed by atoms with Crippen molar-refractivity contribution in [2.24, 2.45) is 5.92 Å². The van der Waals surface area contributed by atoms with E-state index < -0.39 is 0 Å². The molecule has 6 nitrogen and oxygen atoms in total. The maximum absolute atomic E-state index is 12.8. The smallest absolute Gasteiger partial charge is 0.241 e. The Hall–Kier alpha value is -2.51. The summed E-state index contributed by atoms with van der Waals surface area (Å²) in [5.74, 6) is 1.45. The summed E-state index contributed by atoms with van der Waals surface area (Å²) in [7, 11) is 0. The van der Waals surface area contributed by atoms with Crippen LogP contribution in [0.15, 0.2) is 40.2 Å². The number of hydrogen-bond donors (Lipinski definition) is 1. The predicted octanol–water partition coefficient (Wildman–Crippen LogP) is 4.52. The van der Waals surface area contributed by atoms with Gasteiger partial charge in [0.1, 0.15) is 0 Å². The topological polar surface area (TPSA) is 71.3 Å². The lowest BCUT2D eigenvalue weighted by atomic mass is 9.95. The number of carbonyl (C=O) groups excluding carboxylic acids is 1. The van der Waals surface area contributed by atoms with Crippen LogP contribution >= 0.6 is 11.3 Å². The average molecular weight is 411 g/mol. The Kier molecular flexibility index (Phi) is 6.06. The molecule has 2 aromatic heterocycles. The predicted molar refractivity (Wildman–Crippen MR) is 115 cm³/mol. The summed E-state index contributed by atoms with van der Waals surface area (Å²) >= 11 is 1.60. The van der Waals surface area contributed by atoms with Crippen LogP contribution < -0.4 is 5.32 Å². The van der Waals surface area contributed by atoms with Gasteiger partial charge in [0.2, 0.25) is 17.6 Å². The largest absolute Gasteiger partial charge is 0.338 e. The minimum atomic E-state index is 0.0416. The number of thiophene rings is 1. The van der Waals surface area contributed by atoms with E-state index in [1.165, 1.54) is 5.56 Å². The number of aryl methyl sites for hydroxylation is 2. The first kappa shape index (κ1) is 19.8. The highest BCUT2D eigenvalue weighted by Crippen LogP contribution is 2.26. The molecule has 1 aliphatic heterocycles. The molecule has 3 heterocycles. The zero-order chi connectivity index (χ0) is 20.2. The summed E-state index contributed by atoms with van der Waals surface area (Å²) in [6.07, 6.45) is 2.59. The molecule has 1 saturated heterocycles. The number of likely N-dealkylation sites (tertiary alicyclic amines) is 1. The SMILES string of the molecule is CCc1cccc(C)c1NC(=O)C1CCN(Cc2nc(-c3cccs3)no2)CC1. The van der Waals surface area contributed by atoms with E-state index in [1.54, 1.807) is 11.3 Å². The highest BCUT2D eigenvalue weighted by molar-refractivity contribution is 7.13. The Balaban J connectivity index is 1.31. The van der Waals surface area contributed by atoms with Crippen LogP contribution in [0.25, 0.3) is 10.7 Å². The molecule has 1 aromatic carbocycles. The van der Waals surface area contributed by atoms with E-state index in [4.69, 9.17) is 4.52 Å². The molecule has 1 N–H and O–H groups in total. The van der Waals surface area contributed by atoms with Crippen molar-refractivity contribution in [1.29, 1.82) is 0 Å². The van der Waals surface area contributed by atoms with E-state index in [9.17, 15) is 4.79 Å². The number of piperidine rings is 1. The average Bonchev–Trinajstić information content (AvgIpc) is 3.42. The third-order valence-electron chi connectivity index (χ3n) is 5.52. The summed E-state index contributed by atoms with van der Waals surface area (Å²) in [5.41, 5.74) is 3.29. The van der Waals surface area contributed by atoms with Gasteiger partial charge in [-0.25, -0.2) is 0 Å².